The molecule has 4 rings (SSSR count). The molecule has 0 saturated carbocycles. The molecule has 8 heteroatoms. The summed E-state index contributed by atoms with van der Waals surface area (Å²) in [6.45, 7) is 4.22. The molecule has 3 heterocycles. The molecule has 1 aromatic carbocycles. The van der Waals surface area contributed by atoms with Crippen LogP contribution in [0, 0.1) is 6.92 Å². The molecule has 1 aliphatic heterocycles. The molecule has 3 aromatic rings. The number of carbonyl (C=O) groups excluding carboxylic acids is 1. The minimum Gasteiger partial charge on any atom is -0.354 e. The van der Waals surface area contributed by atoms with Gasteiger partial charge in [-0.05, 0) is 43.5 Å². The normalized spacial score (nSPS) is 13.8. The van der Waals surface area contributed by atoms with Crippen molar-refractivity contribution in [1.29, 1.82) is 0 Å². The molecule has 150 valence electrons. The molecule has 1 amide bonds. The van der Waals surface area contributed by atoms with Crippen LogP contribution in [0.15, 0.2) is 41.3 Å². The number of hydrogen-bond donors (Lipinski definition) is 3. The van der Waals surface area contributed by atoms with Crippen LogP contribution in [0.2, 0.25) is 0 Å². The number of nitrogens with one attached hydrogen (secondary N) is 3. The maximum Gasteiger partial charge on any atom is 0.261 e. The molecule has 0 radical (unpaired) electrons. The summed E-state index contributed by atoms with van der Waals surface area (Å²) in [5.74, 6) is 1.14. The Hall–Kier alpha value is -3.42. The summed E-state index contributed by atoms with van der Waals surface area (Å²) in [5, 5.41) is 6.88. The van der Waals surface area contributed by atoms with Crippen molar-refractivity contribution in [2.75, 3.05) is 30.3 Å². The van der Waals surface area contributed by atoms with Gasteiger partial charge in [0.05, 0.1) is 5.52 Å². The number of amides is 1. The van der Waals surface area contributed by atoms with Gasteiger partial charge in [-0.3, -0.25) is 9.59 Å². The molecule has 8 nitrogen and oxygen atoms in total. The summed E-state index contributed by atoms with van der Waals surface area (Å²) < 4.78 is 0. The number of aromatic nitrogens is 3. The SMILES string of the molecule is Cc1cccc(Nc2nc(NCCCN3CCCC3=O)nc3cc[nH]c(=O)c23)c1. The number of fused-ring (bicyclic) bond motifs is 1. The third-order valence-electron chi connectivity index (χ3n) is 4.96. The first-order valence-electron chi connectivity index (χ1n) is 9.85. The van der Waals surface area contributed by atoms with Gasteiger partial charge < -0.3 is 20.5 Å². The number of hydrogen-bond acceptors (Lipinski definition) is 6. The fraction of sp³-hybridized carbons (Fsp3) is 0.333. The lowest BCUT2D eigenvalue weighted by molar-refractivity contribution is -0.127. The number of H-pyrrole nitrogens is 1. The Morgan fingerprint density at radius 2 is 2.10 bits per heavy atom. The molecule has 0 unspecified atom stereocenters. The van der Waals surface area contributed by atoms with Crippen LogP contribution in [0.3, 0.4) is 0 Å². The van der Waals surface area contributed by atoms with E-state index >= 15 is 0 Å². The van der Waals surface area contributed by atoms with Crippen LogP contribution in [0.1, 0.15) is 24.8 Å². The van der Waals surface area contributed by atoms with Gasteiger partial charge in [0, 0.05) is 37.9 Å². The third kappa shape index (κ3) is 4.37. The molecule has 1 fully saturated rings. The molecular weight excluding hydrogens is 368 g/mol. The van der Waals surface area contributed by atoms with E-state index in [1.54, 1.807) is 12.3 Å². The van der Waals surface area contributed by atoms with E-state index in [0.29, 0.717) is 35.6 Å². The van der Waals surface area contributed by atoms with Crippen LogP contribution in [0.4, 0.5) is 17.5 Å². The highest BCUT2D eigenvalue weighted by molar-refractivity contribution is 5.90. The quantitative estimate of drug-likeness (QED) is 0.534. The standard InChI is InChI=1S/C21H24N6O2/c1-14-5-2-6-15(13-14)24-19-18-16(8-10-22-20(18)29)25-21(26-19)23-9-4-12-27-11-3-7-17(27)28/h2,5-6,8,10,13H,3-4,7,9,11-12H2,1H3,(H,22,29)(H2,23,24,25,26). The third-order valence-corrected chi connectivity index (χ3v) is 4.96. The zero-order chi connectivity index (χ0) is 20.2. The number of carbonyl (C=O) groups is 1. The Morgan fingerprint density at radius 3 is 2.90 bits per heavy atom. The maximum atomic E-state index is 12.4. The Bertz CT molecular complexity index is 1090. The lowest BCUT2D eigenvalue weighted by Gasteiger charge is -2.15. The van der Waals surface area contributed by atoms with Gasteiger partial charge in [-0.2, -0.15) is 4.98 Å². The summed E-state index contributed by atoms with van der Waals surface area (Å²) in [5.41, 5.74) is 2.29. The number of pyridine rings is 1. The Kier molecular flexibility index (Phi) is 5.41. The first kappa shape index (κ1) is 18.9. The molecule has 2 aromatic heterocycles. The highest BCUT2D eigenvalue weighted by Gasteiger charge is 2.19. The number of rotatable bonds is 7. The van der Waals surface area contributed by atoms with Crippen LogP contribution < -0.4 is 16.2 Å². The highest BCUT2D eigenvalue weighted by Crippen LogP contribution is 2.23. The van der Waals surface area contributed by atoms with Gasteiger partial charge in [0.15, 0.2) is 0 Å². The highest BCUT2D eigenvalue weighted by atomic mass is 16.2. The molecular formula is C21H24N6O2. The number of aromatic amines is 1. The second kappa shape index (κ2) is 8.30. The average Bonchev–Trinajstić information content (AvgIpc) is 3.10. The van der Waals surface area contributed by atoms with E-state index in [2.05, 4.69) is 25.6 Å². The minimum absolute atomic E-state index is 0.232. The van der Waals surface area contributed by atoms with E-state index < -0.39 is 0 Å². The largest absolute Gasteiger partial charge is 0.354 e. The molecule has 1 aliphatic rings. The van der Waals surface area contributed by atoms with Crippen molar-refractivity contribution >= 4 is 34.3 Å². The first-order chi connectivity index (χ1) is 14.1. The topological polar surface area (TPSA) is 103 Å². The van der Waals surface area contributed by atoms with Gasteiger partial charge >= 0.3 is 0 Å². The summed E-state index contributed by atoms with van der Waals surface area (Å²) in [6, 6.07) is 9.63. The number of likely N-dealkylation sites (tertiary alicyclic amines) is 1. The van der Waals surface area contributed by atoms with Crippen molar-refractivity contribution < 1.29 is 4.79 Å². The zero-order valence-corrected chi connectivity index (χ0v) is 16.4. The van der Waals surface area contributed by atoms with E-state index in [1.165, 1.54) is 0 Å². The lowest BCUT2D eigenvalue weighted by atomic mass is 10.2. The molecule has 0 atom stereocenters. The lowest BCUT2D eigenvalue weighted by Crippen LogP contribution is -2.27. The fourth-order valence-corrected chi connectivity index (χ4v) is 3.53. The summed E-state index contributed by atoms with van der Waals surface area (Å²) >= 11 is 0. The van der Waals surface area contributed by atoms with Crippen LogP contribution in [-0.4, -0.2) is 45.4 Å². The second-order valence-electron chi connectivity index (χ2n) is 7.22. The summed E-state index contributed by atoms with van der Waals surface area (Å²) in [4.78, 5) is 37.7. The predicted octanol–water partition coefficient (Wildman–Crippen LogP) is 2.79. The summed E-state index contributed by atoms with van der Waals surface area (Å²) in [7, 11) is 0. The van der Waals surface area contributed by atoms with Crippen molar-refractivity contribution in [3.05, 3.63) is 52.4 Å². The van der Waals surface area contributed by atoms with Gasteiger partial charge in [0.25, 0.3) is 5.56 Å². The van der Waals surface area contributed by atoms with E-state index in [-0.39, 0.29) is 11.5 Å². The smallest absolute Gasteiger partial charge is 0.261 e. The first-order valence-corrected chi connectivity index (χ1v) is 9.85. The monoisotopic (exact) mass is 392 g/mol. The predicted molar refractivity (Wildman–Crippen MR) is 114 cm³/mol. The van der Waals surface area contributed by atoms with E-state index in [1.807, 2.05) is 36.1 Å². The molecule has 29 heavy (non-hydrogen) atoms. The van der Waals surface area contributed by atoms with E-state index in [4.69, 9.17) is 0 Å². The van der Waals surface area contributed by atoms with Crippen molar-refractivity contribution in [3.63, 3.8) is 0 Å². The zero-order valence-electron chi connectivity index (χ0n) is 16.4. The van der Waals surface area contributed by atoms with Crippen LogP contribution in [0.5, 0.6) is 0 Å². The van der Waals surface area contributed by atoms with Gasteiger partial charge in [-0.25, -0.2) is 4.98 Å². The minimum atomic E-state index is -0.239. The van der Waals surface area contributed by atoms with Crippen LogP contribution in [-0.2, 0) is 4.79 Å². The van der Waals surface area contributed by atoms with Crippen molar-refractivity contribution in [3.8, 4) is 0 Å². The van der Waals surface area contributed by atoms with Gasteiger partial charge in [-0.15, -0.1) is 0 Å². The van der Waals surface area contributed by atoms with Crippen LogP contribution in [0.25, 0.3) is 10.9 Å². The number of benzene rings is 1. The molecule has 0 bridgehead atoms. The molecule has 0 spiro atoms. The van der Waals surface area contributed by atoms with Gasteiger partial charge in [0.1, 0.15) is 11.2 Å². The Balaban J connectivity index is 1.53. The molecule has 1 saturated heterocycles. The van der Waals surface area contributed by atoms with Crippen LogP contribution >= 0.6 is 0 Å². The van der Waals surface area contributed by atoms with E-state index in [0.717, 1.165) is 37.2 Å². The van der Waals surface area contributed by atoms with Crippen molar-refractivity contribution in [2.45, 2.75) is 26.2 Å². The van der Waals surface area contributed by atoms with Crippen molar-refractivity contribution in [2.24, 2.45) is 0 Å². The summed E-state index contributed by atoms with van der Waals surface area (Å²) in [6.07, 6.45) is 3.99. The van der Waals surface area contributed by atoms with Crippen molar-refractivity contribution in [1.82, 2.24) is 19.9 Å². The fourth-order valence-electron chi connectivity index (χ4n) is 3.53. The molecule has 3 N–H and O–H groups in total. The maximum absolute atomic E-state index is 12.4. The Labute approximate surface area is 168 Å². The van der Waals surface area contributed by atoms with Gasteiger partial charge in [-0.1, -0.05) is 12.1 Å². The number of anilines is 3. The number of aryl methyl sites for hydroxylation is 1. The van der Waals surface area contributed by atoms with Gasteiger partial charge in [0.2, 0.25) is 11.9 Å². The molecule has 0 aliphatic carbocycles. The number of nitrogens with zero attached hydrogens (tertiary/aromatic N) is 3. The Morgan fingerprint density at radius 1 is 1.21 bits per heavy atom. The average molecular weight is 392 g/mol. The van der Waals surface area contributed by atoms with E-state index in [9.17, 15) is 9.59 Å². The second-order valence-corrected chi connectivity index (χ2v) is 7.22.